The van der Waals surface area contributed by atoms with E-state index in [1.165, 1.54) is 0 Å². The molecular formula is C13H19BrN2OS. The molecule has 3 nitrogen and oxygen atoms in total. The summed E-state index contributed by atoms with van der Waals surface area (Å²) in [5.41, 5.74) is 0.822. The highest BCUT2D eigenvalue weighted by molar-refractivity contribution is 9.10. The molecule has 18 heavy (non-hydrogen) atoms. The van der Waals surface area contributed by atoms with Gasteiger partial charge in [-0.15, -0.1) is 0 Å². The second kappa shape index (κ2) is 8.56. The molecule has 100 valence electrons. The summed E-state index contributed by atoms with van der Waals surface area (Å²) in [6.45, 7) is 3.42. The minimum Gasteiger partial charge on any atom is -0.325 e. The Hall–Kier alpha value is -0.520. The fourth-order valence-electron chi connectivity index (χ4n) is 1.36. The number of amides is 1. The zero-order valence-electron chi connectivity index (χ0n) is 10.7. The van der Waals surface area contributed by atoms with Crippen LogP contribution < -0.4 is 10.6 Å². The molecule has 1 aromatic carbocycles. The zero-order valence-corrected chi connectivity index (χ0v) is 13.1. The second-order valence-electron chi connectivity index (χ2n) is 4.07. The first-order chi connectivity index (χ1) is 8.61. The molecule has 0 heterocycles. The highest BCUT2D eigenvalue weighted by atomic mass is 79.9. The molecule has 0 aliphatic carbocycles. The molecule has 0 spiro atoms. The first-order valence-electron chi connectivity index (χ1n) is 5.90. The molecule has 1 rings (SSSR count). The van der Waals surface area contributed by atoms with E-state index in [1.54, 1.807) is 0 Å². The van der Waals surface area contributed by atoms with E-state index < -0.39 is 0 Å². The monoisotopic (exact) mass is 330 g/mol. The Morgan fingerprint density at radius 2 is 2.06 bits per heavy atom. The zero-order chi connectivity index (χ0) is 13.4. The Kier molecular flexibility index (Phi) is 7.39. The minimum atomic E-state index is -0.00544. The van der Waals surface area contributed by atoms with E-state index in [0.717, 1.165) is 23.1 Å². The third kappa shape index (κ3) is 6.42. The first-order valence-corrected chi connectivity index (χ1v) is 7.99. The van der Waals surface area contributed by atoms with Crippen molar-refractivity contribution in [2.75, 3.05) is 24.7 Å². The molecular weight excluding hydrogens is 312 g/mol. The first kappa shape index (κ1) is 15.5. The molecule has 2 N–H and O–H groups in total. The maximum absolute atomic E-state index is 11.6. The Morgan fingerprint density at radius 1 is 1.39 bits per heavy atom. The van der Waals surface area contributed by atoms with Crippen molar-refractivity contribution in [1.82, 2.24) is 5.32 Å². The van der Waals surface area contributed by atoms with Crippen LogP contribution in [0.15, 0.2) is 28.7 Å². The fourth-order valence-corrected chi connectivity index (χ4v) is 1.98. The van der Waals surface area contributed by atoms with Crippen LogP contribution in [0.3, 0.4) is 0 Å². The van der Waals surface area contributed by atoms with E-state index in [9.17, 15) is 4.79 Å². The Bertz CT molecular complexity index is 370. The molecule has 5 heteroatoms. The number of hydrogen-bond acceptors (Lipinski definition) is 3. The largest absolute Gasteiger partial charge is 0.325 e. The van der Waals surface area contributed by atoms with Gasteiger partial charge >= 0.3 is 0 Å². The van der Waals surface area contributed by atoms with Crippen molar-refractivity contribution in [2.45, 2.75) is 18.6 Å². The van der Waals surface area contributed by atoms with E-state index >= 15 is 0 Å². The highest BCUT2D eigenvalue weighted by Crippen LogP contribution is 2.13. The van der Waals surface area contributed by atoms with Crippen LogP contribution >= 0.6 is 27.7 Å². The molecule has 0 aromatic heterocycles. The Balaban J connectivity index is 2.19. The number of anilines is 1. The lowest BCUT2D eigenvalue weighted by atomic mass is 10.3. The third-order valence-electron chi connectivity index (χ3n) is 2.54. The smallest absolute Gasteiger partial charge is 0.238 e. The van der Waals surface area contributed by atoms with Gasteiger partial charge in [-0.25, -0.2) is 0 Å². The summed E-state index contributed by atoms with van der Waals surface area (Å²) in [6, 6.07) is 7.56. The summed E-state index contributed by atoms with van der Waals surface area (Å²) in [7, 11) is 0. The van der Waals surface area contributed by atoms with Gasteiger partial charge in [-0.3, -0.25) is 4.79 Å². The number of halogens is 1. The molecule has 0 aliphatic rings. The lowest BCUT2D eigenvalue weighted by Gasteiger charge is -2.09. The maximum atomic E-state index is 11.6. The van der Waals surface area contributed by atoms with Crippen molar-refractivity contribution in [3.63, 3.8) is 0 Å². The van der Waals surface area contributed by atoms with Gasteiger partial charge in [0.1, 0.15) is 0 Å². The normalized spacial score (nSPS) is 12.2. The predicted molar refractivity (Wildman–Crippen MR) is 83.2 cm³/mol. The number of carbonyl (C=O) groups is 1. The van der Waals surface area contributed by atoms with Crippen LogP contribution in [0.1, 0.15) is 13.3 Å². The third-order valence-corrected chi connectivity index (χ3v) is 4.11. The summed E-state index contributed by atoms with van der Waals surface area (Å²) >= 11 is 5.20. The van der Waals surface area contributed by atoms with E-state index in [2.05, 4.69) is 39.7 Å². The van der Waals surface area contributed by atoms with Gasteiger partial charge in [0.2, 0.25) is 5.91 Å². The quantitative estimate of drug-likeness (QED) is 0.755. The van der Waals surface area contributed by atoms with Gasteiger partial charge in [-0.1, -0.05) is 22.9 Å². The highest BCUT2D eigenvalue weighted by Gasteiger charge is 2.03. The Labute approximate surface area is 121 Å². The van der Waals surface area contributed by atoms with Crippen molar-refractivity contribution in [3.8, 4) is 0 Å². The van der Waals surface area contributed by atoms with Crippen molar-refractivity contribution in [3.05, 3.63) is 28.7 Å². The van der Waals surface area contributed by atoms with Crippen LogP contribution in [0.4, 0.5) is 5.69 Å². The number of rotatable bonds is 7. The SMILES string of the molecule is CSC(C)CCNCC(=O)Nc1ccc(Br)cc1. The molecule has 1 atom stereocenters. The van der Waals surface area contributed by atoms with Crippen molar-refractivity contribution in [2.24, 2.45) is 0 Å². The van der Waals surface area contributed by atoms with Crippen LogP contribution in [0.5, 0.6) is 0 Å². The number of carbonyl (C=O) groups excluding carboxylic acids is 1. The van der Waals surface area contributed by atoms with E-state index in [1.807, 2.05) is 36.0 Å². The van der Waals surface area contributed by atoms with E-state index in [-0.39, 0.29) is 5.91 Å². The van der Waals surface area contributed by atoms with Crippen molar-refractivity contribution < 1.29 is 4.79 Å². The molecule has 1 unspecified atom stereocenters. The average Bonchev–Trinajstić information content (AvgIpc) is 2.37. The van der Waals surface area contributed by atoms with E-state index in [4.69, 9.17) is 0 Å². The molecule has 0 aliphatic heterocycles. The number of thioether (sulfide) groups is 1. The molecule has 1 aromatic rings. The number of nitrogens with one attached hydrogen (secondary N) is 2. The number of hydrogen-bond donors (Lipinski definition) is 2. The van der Waals surface area contributed by atoms with Gasteiger partial charge < -0.3 is 10.6 Å². The van der Waals surface area contributed by atoms with Gasteiger partial charge in [-0.2, -0.15) is 11.8 Å². The summed E-state index contributed by atoms with van der Waals surface area (Å²) in [5, 5.41) is 6.62. The second-order valence-corrected chi connectivity index (χ2v) is 6.26. The molecule has 0 bridgehead atoms. The maximum Gasteiger partial charge on any atom is 0.238 e. The molecule has 0 saturated carbocycles. The van der Waals surface area contributed by atoms with Crippen molar-refractivity contribution >= 4 is 39.3 Å². The van der Waals surface area contributed by atoms with Crippen LogP contribution in [0, 0.1) is 0 Å². The predicted octanol–water partition coefficient (Wildman–Crippen LogP) is 3.12. The van der Waals surface area contributed by atoms with Gasteiger partial charge in [0.15, 0.2) is 0 Å². The lowest BCUT2D eigenvalue weighted by molar-refractivity contribution is -0.115. The molecule has 1 amide bonds. The number of benzene rings is 1. The van der Waals surface area contributed by atoms with Crippen LogP contribution in [0.25, 0.3) is 0 Å². The van der Waals surface area contributed by atoms with Gasteiger partial charge in [0.25, 0.3) is 0 Å². The summed E-state index contributed by atoms with van der Waals surface area (Å²) in [6.07, 6.45) is 3.18. The summed E-state index contributed by atoms with van der Waals surface area (Å²) < 4.78 is 1.00. The molecule has 0 fully saturated rings. The summed E-state index contributed by atoms with van der Waals surface area (Å²) in [5.74, 6) is -0.00544. The van der Waals surface area contributed by atoms with Crippen LogP contribution in [-0.4, -0.2) is 30.5 Å². The minimum absolute atomic E-state index is 0.00544. The van der Waals surface area contributed by atoms with Gasteiger partial charge in [0, 0.05) is 15.4 Å². The standard InChI is InChI=1S/C13H19BrN2OS/c1-10(18-2)7-8-15-9-13(17)16-12-5-3-11(14)4-6-12/h3-6,10,15H,7-9H2,1-2H3,(H,16,17). The fraction of sp³-hybridized carbons (Fsp3) is 0.462. The summed E-state index contributed by atoms with van der Waals surface area (Å²) in [4.78, 5) is 11.6. The average molecular weight is 331 g/mol. The van der Waals surface area contributed by atoms with Crippen molar-refractivity contribution in [1.29, 1.82) is 0 Å². The Morgan fingerprint density at radius 3 is 2.67 bits per heavy atom. The van der Waals surface area contributed by atoms with Crippen LogP contribution in [-0.2, 0) is 4.79 Å². The van der Waals surface area contributed by atoms with Gasteiger partial charge in [0.05, 0.1) is 6.54 Å². The molecule has 0 saturated heterocycles. The van der Waals surface area contributed by atoms with Crippen LogP contribution in [0.2, 0.25) is 0 Å². The molecule has 0 radical (unpaired) electrons. The topological polar surface area (TPSA) is 41.1 Å². The lowest BCUT2D eigenvalue weighted by Crippen LogP contribution is -2.29. The van der Waals surface area contributed by atoms with E-state index in [0.29, 0.717) is 11.8 Å². The van der Waals surface area contributed by atoms with Gasteiger partial charge in [-0.05, 0) is 43.5 Å².